The van der Waals surface area contributed by atoms with Crippen molar-refractivity contribution in [2.75, 3.05) is 13.7 Å². The van der Waals surface area contributed by atoms with Gasteiger partial charge in [-0.1, -0.05) is 24.3 Å². The van der Waals surface area contributed by atoms with Gasteiger partial charge < -0.3 is 35.2 Å². The second-order valence-electron chi connectivity index (χ2n) is 6.50. The maximum absolute atomic E-state index is 11.8. The molecule has 8 heteroatoms. The number of aliphatic hydroxyl groups is 4. The number of amides is 1. The number of hydrogen-bond donors (Lipinski definition) is 5. The van der Waals surface area contributed by atoms with Crippen LogP contribution in [0.25, 0.3) is 11.1 Å². The maximum atomic E-state index is 11.8. The Morgan fingerprint density at radius 2 is 1.75 bits per heavy atom. The van der Waals surface area contributed by atoms with E-state index in [2.05, 4.69) is 5.32 Å². The normalized spacial score (nSPS) is 27.2. The third-order valence-corrected chi connectivity index (χ3v) is 4.64. The number of hydrogen-bond acceptors (Lipinski definition) is 7. The number of ether oxygens (including phenoxy) is 2. The summed E-state index contributed by atoms with van der Waals surface area (Å²) in [5, 5.41) is 41.5. The molecule has 1 saturated heterocycles. The van der Waals surface area contributed by atoms with E-state index in [0.717, 1.165) is 11.1 Å². The SMILES string of the molecule is CNC(=O)c1cccc(-c2ccc(OC3OC(CO)C(O)C(O)C3O)cc2)c1. The van der Waals surface area contributed by atoms with Crippen molar-refractivity contribution >= 4 is 5.91 Å². The van der Waals surface area contributed by atoms with Gasteiger partial charge in [0.1, 0.15) is 30.2 Å². The summed E-state index contributed by atoms with van der Waals surface area (Å²) < 4.78 is 10.9. The molecule has 2 aromatic rings. The molecule has 0 aromatic heterocycles. The van der Waals surface area contributed by atoms with Gasteiger partial charge in [-0.05, 0) is 35.4 Å². The molecule has 5 N–H and O–H groups in total. The molecule has 28 heavy (non-hydrogen) atoms. The highest BCUT2D eigenvalue weighted by Crippen LogP contribution is 2.27. The first-order valence-electron chi connectivity index (χ1n) is 8.84. The van der Waals surface area contributed by atoms with E-state index in [0.29, 0.717) is 11.3 Å². The quantitative estimate of drug-likeness (QED) is 0.483. The fraction of sp³-hybridized carbons (Fsp3) is 0.350. The molecule has 5 unspecified atom stereocenters. The summed E-state index contributed by atoms with van der Waals surface area (Å²) >= 11 is 0. The number of rotatable bonds is 5. The molecule has 1 fully saturated rings. The van der Waals surface area contributed by atoms with Crippen molar-refractivity contribution in [2.45, 2.75) is 30.7 Å². The molecule has 1 amide bonds. The summed E-state index contributed by atoms with van der Waals surface area (Å²) in [6.45, 7) is -0.522. The van der Waals surface area contributed by atoms with Gasteiger partial charge in [-0.15, -0.1) is 0 Å². The van der Waals surface area contributed by atoms with Gasteiger partial charge in [0.15, 0.2) is 0 Å². The van der Waals surface area contributed by atoms with Crippen LogP contribution in [0.4, 0.5) is 0 Å². The van der Waals surface area contributed by atoms with Gasteiger partial charge in [0.25, 0.3) is 5.91 Å². The van der Waals surface area contributed by atoms with Crippen LogP contribution in [0.3, 0.4) is 0 Å². The van der Waals surface area contributed by atoms with Crippen LogP contribution in [0.5, 0.6) is 5.75 Å². The second-order valence-corrected chi connectivity index (χ2v) is 6.50. The average molecular weight is 389 g/mol. The molecule has 150 valence electrons. The molecule has 1 heterocycles. The molecule has 3 rings (SSSR count). The Morgan fingerprint density at radius 1 is 1.04 bits per heavy atom. The Morgan fingerprint density at radius 3 is 2.39 bits per heavy atom. The van der Waals surface area contributed by atoms with E-state index >= 15 is 0 Å². The number of carbonyl (C=O) groups excluding carboxylic acids is 1. The Bertz CT molecular complexity index is 808. The fourth-order valence-electron chi connectivity index (χ4n) is 3.01. The molecule has 1 aliphatic rings. The maximum Gasteiger partial charge on any atom is 0.251 e. The largest absolute Gasteiger partial charge is 0.462 e. The van der Waals surface area contributed by atoms with Crippen molar-refractivity contribution in [3.63, 3.8) is 0 Å². The van der Waals surface area contributed by atoms with E-state index in [4.69, 9.17) is 9.47 Å². The molecule has 0 bridgehead atoms. The lowest BCUT2D eigenvalue weighted by atomic mass is 9.99. The van der Waals surface area contributed by atoms with Crippen LogP contribution in [0.2, 0.25) is 0 Å². The molecule has 8 nitrogen and oxygen atoms in total. The topological polar surface area (TPSA) is 128 Å². The standard InChI is InChI=1S/C20H23NO7/c1-21-19(26)13-4-2-3-12(9-13)11-5-7-14(8-6-11)27-20-18(25)17(24)16(23)15(10-22)28-20/h2-9,15-18,20,22-25H,10H2,1H3,(H,21,26). The van der Waals surface area contributed by atoms with Crippen LogP contribution in [0.1, 0.15) is 10.4 Å². The molecule has 0 aliphatic carbocycles. The van der Waals surface area contributed by atoms with Crippen molar-refractivity contribution in [1.29, 1.82) is 0 Å². The van der Waals surface area contributed by atoms with Gasteiger partial charge in [0, 0.05) is 12.6 Å². The molecule has 0 radical (unpaired) electrons. The van der Waals surface area contributed by atoms with E-state index in [-0.39, 0.29) is 5.91 Å². The minimum absolute atomic E-state index is 0.176. The summed E-state index contributed by atoms with van der Waals surface area (Å²) in [5.41, 5.74) is 2.24. The molecular formula is C20H23NO7. The zero-order valence-electron chi connectivity index (χ0n) is 15.2. The monoisotopic (exact) mass is 389 g/mol. The molecule has 5 atom stereocenters. The lowest BCUT2D eigenvalue weighted by Crippen LogP contribution is -2.60. The van der Waals surface area contributed by atoms with E-state index in [1.54, 1.807) is 49.5 Å². The average Bonchev–Trinajstić information content (AvgIpc) is 2.74. The third-order valence-electron chi connectivity index (χ3n) is 4.64. The smallest absolute Gasteiger partial charge is 0.251 e. The van der Waals surface area contributed by atoms with Crippen molar-refractivity contribution in [3.8, 4) is 16.9 Å². The second kappa shape index (κ2) is 8.68. The Balaban J connectivity index is 1.74. The van der Waals surface area contributed by atoms with Crippen LogP contribution in [-0.2, 0) is 4.74 Å². The van der Waals surface area contributed by atoms with Crippen LogP contribution >= 0.6 is 0 Å². The third kappa shape index (κ3) is 4.16. The Hall–Kier alpha value is -2.49. The van der Waals surface area contributed by atoms with Crippen molar-refractivity contribution in [2.24, 2.45) is 0 Å². The number of aliphatic hydroxyl groups excluding tert-OH is 4. The molecule has 2 aromatic carbocycles. The highest BCUT2D eigenvalue weighted by atomic mass is 16.7. The Labute approximate surface area is 162 Å². The lowest BCUT2D eigenvalue weighted by molar-refractivity contribution is -0.277. The van der Waals surface area contributed by atoms with E-state index < -0.39 is 37.3 Å². The highest BCUT2D eigenvalue weighted by molar-refractivity contribution is 5.95. The number of carbonyl (C=O) groups is 1. The van der Waals surface area contributed by atoms with Crippen LogP contribution < -0.4 is 10.1 Å². The molecule has 1 aliphatic heterocycles. The summed E-state index contributed by atoms with van der Waals surface area (Å²) in [4.78, 5) is 11.8. The van der Waals surface area contributed by atoms with Crippen LogP contribution in [0.15, 0.2) is 48.5 Å². The summed E-state index contributed by atoms with van der Waals surface area (Å²) in [6.07, 6.45) is -6.67. The van der Waals surface area contributed by atoms with Gasteiger partial charge in [0.05, 0.1) is 6.61 Å². The highest BCUT2D eigenvalue weighted by Gasteiger charge is 2.44. The minimum Gasteiger partial charge on any atom is -0.462 e. The minimum atomic E-state index is -1.50. The summed E-state index contributed by atoms with van der Waals surface area (Å²) in [7, 11) is 1.57. The van der Waals surface area contributed by atoms with Crippen molar-refractivity contribution < 1.29 is 34.7 Å². The van der Waals surface area contributed by atoms with Gasteiger partial charge in [-0.3, -0.25) is 4.79 Å². The fourth-order valence-corrected chi connectivity index (χ4v) is 3.01. The van der Waals surface area contributed by atoms with Crippen LogP contribution in [-0.4, -0.2) is 70.7 Å². The first-order valence-corrected chi connectivity index (χ1v) is 8.84. The summed E-state index contributed by atoms with van der Waals surface area (Å²) in [5.74, 6) is 0.194. The van der Waals surface area contributed by atoms with E-state index in [1.807, 2.05) is 6.07 Å². The zero-order valence-corrected chi connectivity index (χ0v) is 15.2. The number of nitrogens with one attached hydrogen (secondary N) is 1. The van der Waals surface area contributed by atoms with Crippen molar-refractivity contribution in [1.82, 2.24) is 5.32 Å². The van der Waals surface area contributed by atoms with Gasteiger partial charge in [-0.25, -0.2) is 0 Å². The van der Waals surface area contributed by atoms with Gasteiger partial charge in [-0.2, -0.15) is 0 Å². The van der Waals surface area contributed by atoms with Gasteiger partial charge in [0.2, 0.25) is 6.29 Å². The predicted octanol–water partition coefficient (Wildman–Crippen LogP) is -0.108. The van der Waals surface area contributed by atoms with Gasteiger partial charge >= 0.3 is 0 Å². The van der Waals surface area contributed by atoms with Crippen molar-refractivity contribution in [3.05, 3.63) is 54.1 Å². The number of benzene rings is 2. The zero-order chi connectivity index (χ0) is 20.3. The first-order chi connectivity index (χ1) is 13.4. The van der Waals surface area contributed by atoms with E-state index in [1.165, 1.54) is 0 Å². The first kappa shape index (κ1) is 20.2. The Kier molecular flexibility index (Phi) is 6.28. The predicted molar refractivity (Wildman–Crippen MR) is 99.7 cm³/mol. The van der Waals surface area contributed by atoms with E-state index in [9.17, 15) is 25.2 Å². The molecular weight excluding hydrogens is 366 g/mol. The van der Waals surface area contributed by atoms with Crippen LogP contribution in [0, 0.1) is 0 Å². The molecule has 0 saturated carbocycles. The lowest BCUT2D eigenvalue weighted by Gasteiger charge is -2.39. The summed E-state index contributed by atoms with van der Waals surface area (Å²) in [6, 6.07) is 14.0. The molecule has 0 spiro atoms.